The monoisotopic (exact) mass is 432 g/mol. The second kappa shape index (κ2) is 10.2. The molecule has 3 rings (SSSR count). The zero-order valence-corrected chi connectivity index (χ0v) is 17.8. The minimum absolute atomic E-state index is 0.111. The molecule has 0 spiro atoms. The summed E-state index contributed by atoms with van der Waals surface area (Å²) in [7, 11) is 3.07. The van der Waals surface area contributed by atoms with Crippen LogP contribution in [0.4, 0.5) is 5.69 Å². The van der Waals surface area contributed by atoms with Crippen LogP contribution in [-0.4, -0.2) is 50.1 Å². The number of amides is 2. The van der Waals surface area contributed by atoms with Gasteiger partial charge in [0.2, 0.25) is 5.91 Å². The second-order valence-corrected chi connectivity index (χ2v) is 7.34. The van der Waals surface area contributed by atoms with E-state index in [0.29, 0.717) is 34.5 Å². The van der Waals surface area contributed by atoms with Crippen LogP contribution in [-0.2, 0) is 9.59 Å². The van der Waals surface area contributed by atoms with Gasteiger partial charge in [0.1, 0.15) is 5.75 Å². The van der Waals surface area contributed by atoms with Gasteiger partial charge in [-0.15, -0.1) is 0 Å². The summed E-state index contributed by atoms with van der Waals surface area (Å²) in [6, 6.07) is 12.3. The number of halogens is 1. The van der Waals surface area contributed by atoms with Gasteiger partial charge >= 0.3 is 0 Å². The van der Waals surface area contributed by atoms with Crippen molar-refractivity contribution >= 4 is 29.1 Å². The molecular formula is C22H25ClN2O5. The molecule has 1 fully saturated rings. The largest absolute Gasteiger partial charge is 0.495 e. The van der Waals surface area contributed by atoms with Gasteiger partial charge in [0.25, 0.3) is 5.91 Å². The number of anilines is 1. The number of nitrogens with zero attached hydrogens (tertiary/aromatic N) is 1. The van der Waals surface area contributed by atoms with E-state index in [4.69, 9.17) is 25.8 Å². The summed E-state index contributed by atoms with van der Waals surface area (Å²) in [6.45, 7) is 0.202. The Hall–Kier alpha value is -2.93. The van der Waals surface area contributed by atoms with E-state index < -0.39 is 0 Å². The zero-order chi connectivity index (χ0) is 21.5. The molecule has 1 aliphatic rings. The lowest BCUT2D eigenvalue weighted by molar-refractivity contribution is -0.134. The van der Waals surface area contributed by atoms with Gasteiger partial charge in [-0.3, -0.25) is 9.59 Å². The molecular weight excluding hydrogens is 408 g/mol. The molecule has 30 heavy (non-hydrogen) atoms. The minimum Gasteiger partial charge on any atom is -0.495 e. The van der Waals surface area contributed by atoms with Crippen molar-refractivity contribution in [1.82, 2.24) is 4.90 Å². The number of benzene rings is 2. The highest BCUT2D eigenvalue weighted by atomic mass is 35.5. The molecule has 7 nitrogen and oxygen atoms in total. The number of carbonyl (C=O) groups excluding carboxylic acids is 2. The summed E-state index contributed by atoms with van der Waals surface area (Å²) in [4.78, 5) is 26.8. The molecule has 0 atom stereocenters. The molecule has 0 heterocycles. The van der Waals surface area contributed by atoms with E-state index in [2.05, 4.69) is 5.32 Å². The van der Waals surface area contributed by atoms with Crippen LogP contribution in [0.5, 0.6) is 17.2 Å². The third kappa shape index (κ3) is 5.79. The summed E-state index contributed by atoms with van der Waals surface area (Å²) >= 11 is 6.00. The number of nitrogens with one attached hydrogen (secondary N) is 1. The first-order valence-electron chi connectivity index (χ1n) is 9.70. The first-order chi connectivity index (χ1) is 14.5. The average Bonchev–Trinajstić information content (AvgIpc) is 3.58. The van der Waals surface area contributed by atoms with Gasteiger partial charge < -0.3 is 24.4 Å². The van der Waals surface area contributed by atoms with Crippen molar-refractivity contribution in [2.45, 2.75) is 25.3 Å². The molecule has 1 saturated carbocycles. The predicted molar refractivity (Wildman–Crippen MR) is 114 cm³/mol. The fourth-order valence-electron chi connectivity index (χ4n) is 3.07. The predicted octanol–water partition coefficient (Wildman–Crippen LogP) is 3.76. The summed E-state index contributed by atoms with van der Waals surface area (Å²) in [5.74, 6) is 1.22. The van der Waals surface area contributed by atoms with E-state index in [9.17, 15) is 9.59 Å². The lowest BCUT2D eigenvalue weighted by Gasteiger charge is -2.22. The van der Waals surface area contributed by atoms with Crippen molar-refractivity contribution in [2.75, 3.05) is 32.7 Å². The Balaban J connectivity index is 1.55. The van der Waals surface area contributed by atoms with E-state index in [-0.39, 0.29) is 30.9 Å². The Morgan fingerprint density at radius 2 is 1.77 bits per heavy atom. The van der Waals surface area contributed by atoms with Crippen molar-refractivity contribution in [2.24, 2.45) is 0 Å². The fraction of sp³-hybridized carbons (Fsp3) is 0.364. The number of para-hydroxylation sites is 2. The Kier molecular flexibility index (Phi) is 7.41. The molecule has 160 valence electrons. The van der Waals surface area contributed by atoms with Gasteiger partial charge in [-0.25, -0.2) is 0 Å². The highest BCUT2D eigenvalue weighted by Gasteiger charge is 2.33. The van der Waals surface area contributed by atoms with Crippen LogP contribution in [0.15, 0.2) is 42.5 Å². The maximum absolute atomic E-state index is 12.7. The highest BCUT2D eigenvalue weighted by molar-refractivity contribution is 6.31. The van der Waals surface area contributed by atoms with Crippen LogP contribution < -0.4 is 19.5 Å². The number of ether oxygens (including phenoxy) is 3. The highest BCUT2D eigenvalue weighted by Crippen LogP contribution is 2.30. The van der Waals surface area contributed by atoms with Gasteiger partial charge in [0.15, 0.2) is 18.1 Å². The average molecular weight is 433 g/mol. The Bertz CT molecular complexity index is 901. The second-order valence-electron chi connectivity index (χ2n) is 6.90. The number of rotatable bonds is 10. The van der Waals surface area contributed by atoms with Crippen molar-refractivity contribution in [1.29, 1.82) is 0 Å². The van der Waals surface area contributed by atoms with Crippen molar-refractivity contribution in [3.05, 3.63) is 47.5 Å². The number of hydrogen-bond donors (Lipinski definition) is 1. The lowest BCUT2D eigenvalue weighted by atomic mass is 10.2. The third-order valence-corrected chi connectivity index (χ3v) is 4.98. The van der Waals surface area contributed by atoms with E-state index in [1.807, 2.05) is 12.1 Å². The van der Waals surface area contributed by atoms with Crippen LogP contribution in [0.3, 0.4) is 0 Å². The normalized spacial score (nSPS) is 12.8. The quantitative estimate of drug-likeness (QED) is 0.618. The number of carbonyl (C=O) groups is 2. The molecule has 0 bridgehead atoms. The van der Waals surface area contributed by atoms with E-state index >= 15 is 0 Å². The fourth-order valence-corrected chi connectivity index (χ4v) is 3.24. The van der Waals surface area contributed by atoms with E-state index in [1.165, 1.54) is 7.11 Å². The molecule has 2 amide bonds. The van der Waals surface area contributed by atoms with Crippen molar-refractivity contribution in [3.63, 3.8) is 0 Å². The van der Waals surface area contributed by atoms with Crippen LogP contribution in [0.1, 0.15) is 19.3 Å². The summed E-state index contributed by atoms with van der Waals surface area (Å²) < 4.78 is 16.1. The SMILES string of the molecule is COc1ccc(Cl)cc1NC(=O)CCN(C(=O)COc1ccccc1OC)C1CC1. The summed E-state index contributed by atoms with van der Waals surface area (Å²) in [5.41, 5.74) is 0.499. The molecule has 0 aliphatic heterocycles. The third-order valence-electron chi connectivity index (χ3n) is 4.74. The molecule has 0 unspecified atom stereocenters. The molecule has 1 N–H and O–H groups in total. The maximum atomic E-state index is 12.7. The molecule has 0 saturated heterocycles. The number of methoxy groups -OCH3 is 2. The molecule has 0 radical (unpaired) electrons. The Labute approximate surface area is 180 Å². The zero-order valence-electron chi connectivity index (χ0n) is 17.0. The molecule has 2 aromatic rings. The van der Waals surface area contributed by atoms with Gasteiger partial charge in [-0.05, 0) is 43.2 Å². The Morgan fingerprint density at radius 3 is 2.43 bits per heavy atom. The lowest BCUT2D eigenvalue weighted by Crippen LogP contribution is -2.38. The number of hydrogen-bond acceptors (Lipinski definition) is 5. The maximum Gasteiger partial charge on any atom is 0.260 e. The standard InChI is InChI=1S/C22H25ClN2O5/c1-28-18-10-7-15(23)13-17(18)24-21(26)11-12-25(16-8-9-16)22(27)14-30-20-6-4-3-5-19(20)29-2/h3-7,10,13,16H,8-9,11-12,14H2,1-2H3,(H,24,26). The minimum atomic E-state index is -0.223. The van der Waals surface area contributed by atoms with Gasteiger partial charge in [0, 0.05) is 24.0 Å². The van der Waals surface area contributed by atoms with Crippen LogP contribution in [0, 0.1) is 0 Å². The van der Waals surface area contributed by atoms with Crippen molar-refractivity contribution in [3.8, 4) is 17.2 Å². The molecule has 8 heteroatoms. The Morgan fingerprint density at radius 1 is 1.07 bits per heavy atom. The van der Waals surface area contributed by atoms with Crippen LogP contribution in [0.25, 0.3) is 0 Å². The first kappa shape index (κ1) is 21.8. The van der Waals surface area contributed by atoms with Gasteiger partial charge in [-0.2, -0.15) is 0 Å². The van der Waals surface area contributed by atoms with Crippen molar-refractivity contribution < 1.29 is 23.8 Å². The van der Waals surface area contributed by atoms with Gasteiger partial charge in [0.05, 0.1) is 19.9 Å². The topological polar surface area (TPSA) is 77.1 Å². The summed E-state index contributed by atoms with van der Waals surface area (Å²) in [5, 5.41) is 3.29. The van der Waals surface area contributed by atoms with E-state index in [0.717, 1.165) is 12.8 Å². The summed E-state index contributed by atoms with van der Waals surface area (Å²) in [6.07, 6.45) is 2.03. The smallest absolute Gasteiger partial charge is 0.260 e. The molecule has 0 aromatic heterocycles. The van der Waals surface area contributed by atoms with E-state index in [1.54, 1.807) is 42.3 Å². The van der Waals surface area contributed by atoms with Crippen LogP contribution in [0.2, 0.25) is 5.02 Å². The molecule has 2 aromatic carbocycles. The first-order valence-corrected chi connectivity index (χ1v) is 10.1. The van der Waals surface area contributed by atoms with Crippen LogP contribution >= 0.6 is 11.6 Å². The van der Waals surface area contributed by atoms with Gasteiger partial charge in [-0.1, -0.05) is 23.7 Å². The molecule has 1 aliphatic carbocycles.